The number of aryl methyl sites for hydroxylation is 1. The molecule has 31 heavy (non-hydrogen) atoms. The van der Waals surface area contributed by atoms with E-state index < -0.39 is 21.9 Å². The summed E-state index contributed by atoms with van der Waals surface area (Å²) in [5, 5.41) is 12.0. The normalized spacial score (nSPS) is 14.0. The molecule has 0 aromatic heterocycles. The number of nitrogens with zero attached hydrogens (tertiary/aromatic N) is 1. The molecule has 2 aromatic carbocycles. The molecule has 10 heteroatoms. The number of amides is 1. The van der Waals surface area contributed by atoms with Gasteiger partial charge in [-0.2, -0.15) is 0 Å². The van der Waals surface area contributed by atoms with Crippen LogP contribution in [0.5, 0.6) is 0 Å². The molecule has 0 atom stereocenters. The summed E-state index contributed by atoms with van der Waals surface area (Å²) in [6.45, 7) is 1.68. The predicted molar refractivity (Wildman–Crippen MR) is 115 cm³/mol. The third-order valence-electron chi connectivity index (χ3n) is 4.67. The van der Waals surface area contributed by atoms with Gasteiger partial charge in [-0.3, -0.25) is 9.52 Å². The van der Waals surface area contributed by atoms with Crippen LogP contribution in [-0.4, -0.2) is 57.1 Å². The number of hydrogen-bond acceptors (Lipinski definition) is 7. The Balaban J connectivity index is 1.87. The first-order valence-corrected chi connectivity index (χ1v) is 10.9. The molecule has 0 fully saturated rings. The van der Waals surface area contributed by atoms with E-state index in [1.165, 1.54) is 30.2 Å². The second-order valence-electron chi connectivity index (χ2n) is 6.92. The van der Waals surface area contributed by atoms with E-state index in [0.29, 0.717) is 11.4 Å². The highest BCUT2D eigenvalue weighted by Gasteiger charge is 2.34. The highest BCUT2D eigenvalue weighted by atomic mass is 32.2. The number of rotatable bonds is 8. The SMILES string of the molecule is COC(=O)C1=C(Nc2cccc(S(=O)(=O)Nc3ccc(C)cc3)c2)C(=O)N(CCO)C1. The second kappa shape index (κ2) is 9.19. The molecule has 0 bridgehead atoms. The van der Waals surface area contributed by atoms with E-state index in [0.717, 1.165) is 5.56 Å². The lowest BCUT2D eigenvalue weighted by atomic mass is 10.2. The summed E-state index contributed by atoms with van der Waals surface area (Å²) in [5.41, 5.74) is 1.82. The molecule has 3 N–H and O–H groups in total. The van der Waals surface area contributed by atoms with Crippen LogP contribution in [0.3, 0.4) is 0 Å². The first kappa shape index (κ1) is 22.3. The molecule has 0 aliphatic carbocycles. The number of anilines is 2. The average Bonchev–Trinajstić information content (AvgIpc) is 3.05. The predicted octanol–water partition coefficient (Wildman–Crippen LogP) is 1.47. The lowest BCUT2D eigenvalue weighted by molar-refractivity contribution is -0.136. The van der Waals surface area contributed by atoms with E-state index in [1.54, 1.807) is 30.3 Å². The van der Waals surface area contributed by atoms with Gasteiger partial charge in [-0.25, -0.2) is 13.2 Å². The number of sulfonamides is 1. The molecule has 0 saturated carbocycles. The van der Waals surface area contributed by atoms with Crippen molar-refractivity contribution < 1.29 is 27.9 Å². The third-order valence-corrected chi connectivity index (χ3v) is 6.05. The van der Waals surface area contributed by atoms with Gasteiger partial charge >= 0.3 is 5.97 Å². The van der Waals surface area contributed by atoms with Gasteiger partial charge < -0.3 is 20.1 Å². The highest BCUT2D eigenvalue weighted by molar-refractivity contribution is 7.92. The summed E-state index contributed by atoms with van der Waals surface area (Å²) in [6.07, 6.45) is 0. The first-order valence-electron chi connectivity index (χ1n) is 9.43. The van der Waals surface area contributed by atoms with E-state index in [4.69, 9.17) is 9.84 Å². The number of hydrogen-bond donors (Lipinski definition) is 3. The minimum atomic E-state index is -3.88. The van der Waals surface area contributed by atoms with E-state index in [9.17, 15) is 18.0 Å². The Morgan fingerprint density at radius 1 is 1.16 bits per heavy atom. The van der Waals surface area contributed by atoms with Gasteiger partial charge in [0, 0.05) is 17.9 Å². The number of carbonyl (C=O) groups excluding carboxylic acids is 2. The smallest absolute Gasteiger partial charge is 0.337 e. The van der Waals surface area contributed by atoms with Crippen LogP contribution in [0.4, 0.5) is 11.4 Å². The highest BCUT2D eigenvalue weighted by Crippen LogP contribution is 2.25. The number of carbonyl (C=O) groups is 2. The summed E-state index contributed by atoms with van der Waals surface area (Å²) in [4.78, 5) is 26.0. The number of nitrogens with one attached hydrogen (secondary N) is 2. The molecule has 1 amide bonds. The van der Waals surface area contributed by atoms with Crippen LogP contribution in [0.2, 0.25) is 0 Å². The molecular weight excluding hydrogens is 422 g/mol. The molecule has 2 aromatic rings. The fourth-order valence-corrected chi connectivity index (χ4v) is 4.17. The maximum Gasteiger partial charge on any atom is 0.337 e. The van der Waals surface area contributed by atoms with Gasteiger partial charge in [0.2, 0.25) is 0 Å². The molecular formula is C21H23N3O6S. The maximum absolute atomic E-state index is 12.8. The molecule has 0 radical (unpaired) electrons. The molecule has 164 valence electrons. The number of benzene rings is 2. The third kappa shape index (κ3) is 5.04. The Morgan fingerprint density at radius 2 is 1.87 bits per heavy atom. The van der Waals surface area contributed by atoms with Crippen molar-refractivity contribution >= 4 is 33.3 Å². The number of aliphatic hydroxyl groups excluding tert-OH is 1. The first-order chi connectivity index (χ1) is 14.7. The van der Waals surface area contributed by atoms with Crippen molar-refractivity contribution in [2.75, 3.05) is 36.8 Å². The van der Waals surface area contributed by atoms with E-state index >= 15 is 0 Å². The molecule has 0 spiro atoms. The van der Waals surface area contributed by atoms with Gasteiger partial charge in [0.1, 0.15) is 5.70 Å². The van der Waals surface area contributed by atoms with Gasteiger partial charge in [0.05, 0.1) is 30.7 Å². The van der Waals surface area contributed by atoms with Crippen molar-refractivity contribution in [2.24, 2.45) is 0 Å². The monoisotopic (exact) mass is 445 g/mol. The standard InChI is InChI=1S/C21H23N3O6S/c1-14-6-8-15(9-7-14)23-31(28,29)17-5-3-4-16(12-17)22-19-18(21(27)30-2)13-24(10-11-25)20(19)26/h3-9,12,22-23,25H,10-11,13H2,1-2H3. The topological polar surface area (TPSA) is 125 Å². The lowest BCUT2D eigenvalue weighted by Gasteiger charge is -2.15. The van der Waals surface area contributed by atoms with Crippen LogP contribution in [0, 0.1) is 6.92 Å². The summed E-state index contributed by atoms with van der Waals surface area (Å²) < 4.78 is 32.8. The van der Waals surface area contributed by atoms with Crippen molar-refractivity contribution in [1.82, 2.24) is 4.90 Å². The number of β-amino-alcohol motifs (C(OH)–C–C–N with tert-alkyl or cyclic N) is 1. The zero-order chi connectivity index (χ0) is 22.6. The number of esters is 1. The molecule has 1 aliphatic heterocycles. The quantitative estimate of drug-likeness (QED) is 0.526. The van der Waals surface area contributed by atoms with E-state index in [2.05, 4.69) is 10.0 Å². The van der Waals surface area contributed by atoms with Gasteiger partial charge in [0.15, 0.2) is 0 Å². The Kier molecular flexibility index (Phi) is 6.62. The Bertz CT molecular complexity index is 1130. The Hall–Kier alpha value is -3.37. The molecule has 9 nitrogen and oxygen atoms in total. The largest absolute Gasteiger partial charge is 0.466 e. The zero-order valence-electron chi connectivity index (χ0n) is 17.1. The van der Waals surface area contributed by atoms with Crippen LogP contribution in [0.1, 0.15) is 5.56 Å². The minimum absolute atomic E-state index is 0.0125. The Morgan fingerprint density at radius 3 is 2.52 bits per heavy atom. The summed E-state index contributed by atoms with van der Waals surface area (Å²) in [6, 6.07) is 12.8. The Labute approximate surface area is 180 Å². The second-order valence-corrected chi connectivity index (χ2v) is 8.60. The van der Waals surface area contributed by atoms with E-state index in [-0.39, 0.29) is 35.9 Å². The average molecular weight is 445 g/mol. The number of ether oxygens (including phenoxy) is 1. The number of methoxy groups -OCH3 is 1. The number of aliphatic hydroxyl groups is 1. The fraction of sp³-hybridized carbons (Fsp3) is 0.238. The summed E-state index contributed by atoms with van der Waals surface area (Å²) >= 11 is 0. The molecule has 0 saturated heterocycles. The van der Waals surface area contributed by atoms with Crippen molar-refractivity contribution in [3.8, 4) is 0 Å². The minimum Gasteiger partial charge on any atom is -0.466 e. The van der Waals surface area contributed by atoms with Crippen LogP contribution < -0.4 is 10.0 Å². The van der Waals surface area contributed by atoms with Crippen LogP contribution in [0.25, 0.3) is 0 Å². The molecule has 3 rings (SSSR count). The maximum atomic E-state index is 12.8. The van der Waals surface area contributed by atoms with Crippen molar-refractivity contribution in [1.29, 1.82) is 0 Å². The van der Waals surface area contributed by atoms with Gasteiger partial charge in [-0.15, -0.1) is 0 Å². The summed E-state index contributed by atoms with van der Waals surface area (Å²) in [5.74, 6) is -1.17. The van der Waals surface area contributed by atoms with Gasteiger partial charge in [0.25, 0.3) is 15.9 Å². The lowest BCUT2D eigenvalue weighted by Crippen LogP contribution is -2.31. The molecule has 1 aliphatic rings. The van der Waals surface area contributed by atoms with Crippen LogP contribution >= 0.6 is 0 Å². The zero-order valence-corrected chi connectivity index (χ0v) is 17.9. The molecule has 0 unspecified atom stereocenters. The van der Waals surface area contributed by atoms with E-state index in [1.807, 2.05) is 6.92 Å². The van der Waals surface area contributed by atoms with Crippen LogP contribution in [0.15, 0.2) is 64.7 Å². The fourth-order valence-electron chi connectivity index (χ4n) is 3.07. The van der Waals surface area contributed by atoms with Crippen LogP contribution in [-0.2, 0) is 24.3 Å². The summed E-state index contributed by atoms with van der Waals surface area (Å²) in [7, 11) is -2.67. The van der Waals surface area contributed by atoms with Crippen molar-refractivity contribution in [2.45, 2.75) is 11.8 Å². The van der Waals surface area contributed by atoms with Crippen molar-refractivity contribution in [3.63, 3.8) is 0 Å². The van der Waals surface area contributed by atoms with Gasteiger partial charge in [-0.1, -0.05) is 23.8 Å². The van der Waals surface area contributed by atoms with Crippen molar-refractivity contribution in [3.05, 3.63) is 65.4 Å². The van der Waals surface area contributed by atoms with Gasteiger partial charge in [-0.05, 0) is 37.3 Å². The molecule has 1 heterocycles.